The Kier molecular flexibility index (Phi) is 5.74. The molecule has 2 N–H and O–H groups in total. The van der Waals surface area contributed by atoms with E-state index in [4.69, 9.17) is 0 Å². The third-order valence-electron chi connectivity index (χ3n) is 3.85. The van der Waals surface area contributed by atoms with Crippen LogP contribution in [0, 0.1) is 13.8 Å². The number of benzene rings is 1. The molecule has 1 amide bonds. The third-order valence-corrected chi connectivity index (χ3v) is 4.84. The topological polar surface area (TPSA) is 71.3 Å². The van der Waals surface area contributed by atoms with Crippen LogP contribution in [0.3, 0.4) is 0 Å². The number of nitrogens with one attached hydrogen (secondary N) is 1. The van der Waals surface area contributed by atoms with Gasteiger partial charge in [-0.15, -0.1) is 0 Å². The number of carbonyl (C=O) groups is 1. The molecular weight excluding hydrogens is 312 g/mol. The lowest BCUT2D eigenvalue weighted by atomic mass is 10.0. The highest BCUT2D eigenvalue weighted by molar-refractivity contribution is 7.09. The second-order valence-electron chi connectivity index (χ2n) is 5.73. The summed E-state index contributed by atoms with van der Waals surface area (Å²) in [5.41, 5.74) is 1.65. The largest absolute Gasteiger partial charge is 0.388 e. The minimum absolute atomic E-state index is 0.0147. The molecule has 2 aromatic rings. The van der Waals surface area contributed by atoms with Crippen molar-refractivity contribution >= 4 is 17.2 Å². The van der Waals surface area contributed by atoms with Crippen LogP contribution in [0.5, 0.6) is 0 Å². The summed E-state index contributed by atoms with van der Waals surface area (Å²) in [6, 6.07) is 9.16. The van der Waals surface area contributed by atoms with Gasteiger partial charge >= 0.3 is 4.87 Å². The number of aromatic nitrogens is 1. The normalized spacial score (nSPS) is 13.6. The molecule has 0 aliphatic rings. The third kappa shape index (κ3) is 4.53. The Balaban J connectivity index is 1.91. The van der Waals surface area contributed by atoms with Gasteiger partial charge in [-0.25, -0.2) is 0 Å². The molecule has 2 unspecified atom stereocenters. The van der Waals surface area contributed by atoms with E-state index < -0.39 is 6.10 Å². The van der Waals surface area contributed by atoms with Gasteiger partial charge in [-0.3, -0.25) is 14.2 Å². The maximum atomic E-state index is 12.1. The van der Waals surface area contributed by atoms with E-state index in [0.717, 1.165) is 27.5 Å². The minimum Gasteiger partial charge on any atom is -0.388 e. The van der Waals surface area contributed by atoms with Crippen LogP contribution in [0.2, 0.25) is 0 Å². The molecule has 0 bridgehead atoms. The van der Waals surface area contributed by atoms with E-state index in [9.17, 15) is 14.7 Å². The van der Waals surface area contributed by atoms with Crippen LogP contribution in [0.4, 0.5) is 0 Å². The second kappa shape index (κ2) is 7.57. The Labute approximate surface area is 139 Å². The molecule has 1 heterocycles. The smallest absolute Gasteiger partial charge is 0.308 e. The van der Waals surface area contributed by atoms with Crippen LogP contribution in [0.15, 0.2) is 35.1 Å². The number of aryl methyl sites for hydroxylation is 1. The molecule has 0 aliphatic heterocycles. The van der Waals surface area contributed by atoms with Gasteiger partial charge in [0.25, 0.3) is 0 Å². The molecule has 2 rings (SSSR count). The summed E-state index contributed by atoms with van der Waals surface area (Å²) in [4.78, 5) is 24.7. The fourth-order valence-electron chi connectivity index (χ4n) is 2.44. The first-order valence-electron chi connectivity index (χ1n) is 7.57. The molecular formula is C17H22N2O3S. The lowest BCUT2D eigenvalue weighted by Crippen LogP contribution is -2.37. The predicted octanol–water partition coefficient (Wildman–Crippen LogP) is 2.16. The van der Waals surface area contributed by atoms with E-state index in [-0.39, 0.29) is 23.4 Å². The van der Waals surface area contributed by atoms with Gasteiger partial charge in [0.05, 0.1) is 6.10 Å². The van der Waals surface area contributed by atoms with Gasteiger partial charge in [-0.1, -0.05) is 41.7 Å². The molecule has 0 spiro atoms. The Hall–Kier alpha value is -1.92. The molecule has 1 aromatic carbocycles. The SMILES string of the molecule is Cc1sc(=O)n(CC(=O)NC(C)CC(O)c2ccccc2)c1C. The first kappa shape index (κ1) is 17.4. The summed E-state index contributed by atoms with van der Waals surface area (Å²) in [5, 5.41) is 13.0. The summed E-state index contributed by atoms with van der Waals surface area (Å²) in [5.74, 6) is -0.222. The average molecular weight is 334 g/mol. The van der Waals surface area contributed by atoms with Crippen LogP contribution in [-0.4, -0.2) is 21.6 Å². The van der Waals surface area contributed by atoms with Gasteiger partial charge in [-0.2, -0.15) is 0 Å². The monoisotopic (exact) mass is 334 g/mol. The van der Waals surface area contributed by atoms with E-state index in [1.165, 1.54) is 4.57 Å². The Morgan fingerprint density at radius 2 is 1.96 bits per heavy atom. The molecule has 1 aromatic heterocycles. The first-order chi connectivity index (χ1) is 10.9. The van der Waals surface area contributed by atoms with Crippen molar-refractivity contribution in [2.75, 3.05) is 0 Å². The zero-order valence-electron chi connectivity index (χ0n) is 13.6. The van der Waals surface area contributed by atoms with Crippen LogP contribution in [0.25, 0.3) is 0 Å². The molecule has 2 atom stereocenters. The number of hydrogen-bond acceptors (Lipinski definition) is 4. The van der Waals surface area contributed by atoms with Gasteiger partial charge in [0.2, 0.25) is 5.91 Å². The fourth-order valence-corrected chi connectivity index (χ4v) is 3.27. The molecule has 0 radical (unpaired) electrons. The molecule has 0 aliphatic carbocycles. The van der Waals surface area contributed by atoms with Crippen LogP contribution >= 0.6 is 11.3 Å². The molecule has 0 fully saturated rings. The molecule has 5 nitrogen and oxygen atoms in total. The number of hydrogen-bond donors (Lipinski definition) is 2. The maximum absolute atomic E-state index is 12.1. The molecule has 6 heteroatoms. The van der Waals surface area contributed by atoms with Crippen LogP contribution in [-0.2, 0) is 11.3 Å². The van der Waals surface area contributed by atoms with Crippen LogP contribution < -0.4 is 10.2 Å². The van der Waals surface area contributed by atoms with Gasteiger partial charge in [0.1, 0.15) is 6.54 Å². The van der Waals surface area contributed by atoms with Crippen molar-refractivity contribution in [3.63, 3.8) is 0 Å². The van der Waals surface area contributed by atoms with E-state index in [2.05, 4.69) is 5.32 Å². The maximum Gasteiger partial charge on any atom is 0.308 e. The highest BCUT2D eigenvalue weighted by Crippen LogP contribution is 2.17. The lowest BCUT2D eigenvalue weighted by molar-refractivity contribution is -0.122. The first-order valence-corrected chi connectivity index (χ1v) is 8.39. The summed E-state index contributed by atoms with van der Waals surface area (Å²) in [7, 11) is 0. The highest BCUT2D eigenvalue weighted by Gasteiger charge is 2.16. The van der Waals surface area contributed by atoms with Crippen molar-refractivity contribution in [1.82, 2.24) is 9.88 Å². The zero-order valence-corrected chi connectivity index (χ0v) is 14.4. The summed E-state index contributed by atoms with van der Waals surface area (Å²) in [6.45, 7) is 5.57. The minimum atomic E-state index is -0.626. The van der Waals surface area contributed by atoms with E-state index in [0.29, 0.717) is 6.42 Å². The van der Waals surface area contributed by atoms with E-state index >= 15 is 0 Å². The van der Waals surface area contributed by atoms with Gasteiger partial charge < -0.3 is 10.4 Å². The highest BCUT2D eigenvalue weighted by atomic mass is 32.1. The van der Waals surface area contributed by atoms with Gasteiger partial charge in [0, 0.05) is 16.6 Å². The number of thiazole rings is 1. The van der Waals surface area contributed by atoms with Crippen molar-refractivity contribution in [1.29, 1.82) is 0 Å². The molecule has 124 valence electrons. The number of amides is 1. The zero-order chi connectivity index (χ0) is 17.0. The van der Waals surface area contributed by atoms with Gasteiger partial charge in [0.15, 0.2) is 0 Å². The molecule has 0 saturated heterocycles. The van der Waals surface area contributed by atoms with Crippen molar-refractivity contribution < 1.29 is 9.90 Å². The average Bonchev–Trinajstić information content (AvgIpc) is 2.74. The van der Waals surface area contributed by atoms with Crippen molar-refractivity contribution in [3.8, 4) is 0 Å². The molecule has 0 saturated carbocycles. The van der Waals surface area contributed by atoms with E-state index in [1.54, 1.807) is 0 Å². The fraction of sp³-hybridized carbons (Fsp3) is 0.412. The number of nitrogens with zero attached hydrogens (tertiary/aromatic N) is 1. The number of aliphatic hydroxyl groups excluding tert-OH is 1. The van der Waals surface area contributed by atoms with E-state index in [1.807, 2.05) is 51.1 Å². The quantitative estimate of drug-likeness (QED) is 0.850. The lowest BCUT2D eigenvalue weighted by Gasteiger charge is -2.18. The Morgan fingerprint density at radius 3 is 2.52 bits per heavy atom. The number of carbonyl (C=O) groups excluding carboxylic acids is 1. The Bertz CT molecular complexity index is 721. The summed E-state index contributed by atoms with van der Waals surface area (Å²) in [6.07, 6.45) is -0.203. The summed E-state index contributed by atoms with van der Waals surface area (Å²) < 4.78 is 1.48. The molecule has 23 heavy (non-hydrogen) atoms. The van der Waals surface area contributed by atoms with Crippen molar-refractivity contribution in [2.45, 2.75) is 45.9 Å². The summed E-state index contributed by atoms with van der Waals surface area (Å²) >= 11 is 1.15. The number of rotatable bonds is 6. The number of aliphatic hydroxyl groups is 1. The van der Waals surface area contributed by atoms with Crippen LogP contribution in [0.1, 0.15) is 35.6 Å². The Morgan fingerprint density at radius 1 is 1.30 bits per heavy atom. The van der Waals surface area contributed by atoms with Crippen molar-refractivity contribution in [3.05, 3.63) is 56.1 Å². The van der Waals surface area contributed by atoms with Crippen molar-refractivity contribution in [2.24, 2.45) is 0 Å². The predicted molar refractivity (Wildman–Crippen MR) is 91.7 cm³/mol. The standard InChI is InChI=1S/C17H22N2O3S/c1-11(9-15(20)14-7-5-4-6-8-14)18-16(21)10-19-12(2)13(3)23-17(19)22/h4-8,11,15,20H,9-10H2,1-3H3,(H,18,21). The van der Waals surface area contributed by atoms with Gasteiger partial charge in [-0.05, 0) is 32.8 Å². The second-order valence-corrected chi connectivity index (χ2v) is 6.89.